The predicted molar refractivity (Wildman–Crippen MR) is 125 cm³/mol. The number of carbonyl (C=O) groups is 1. The summed E-state index contributed by atoms with van der Waals surface area (Å²) in [5, 5.41) is 0. The number of hydrogen-bond acceptors (Lipinski definition) is 6. The Morgan fingerprint density at radius 3 is 2.53 bits per heavy atom. The Labute approximate surface area is 183 Å². The van der Waals surface area contributed by atoms with Crippen molar-refractivity contribution in [1.29, 1.82) is 0 Å². The van der Waals surface area contributed by atoms with Crippen LogP contribution in [0.1, 0.15) is 12.5 Å². The number of morpholine rings is 1. The molecule has 1 fully saturated rings. The van der Waals surface area contributed by atoms with E-state index in [2.05, 4.69) is 51.8 Å². The molecular formula is C23H30N4O2S. The summed E-state index contributed by atoms with van der Waals surface area (Å²) in [6.07, 6.45) is 0. The second-order valence-corrected chi connectivity index (χ2v) is 8.82. The smallest absolute Gasteiger partial charge is 0.249 e. The zero-order valence-electron chi connectivity index (χ0n) is 17.9. The fourth-order valence-corrected chi connectivity index (χ4v) is 4.59. The predicted octanol–water partition coefficient (Wildman–Crippen LogP) is 3.62. The first kappa shape index (κ1) is 21.0. The second kappa shape index (κ2) is 9.29. The molecule has 0 spiro atoms. The third kappa shape index (κ3) is 4.58. The van der Waals surface area contributed by atoms with Crippen molar-refractivity contribution in [3.63, 3.8) is 0 Å². The van der Waals surface area contributed by atoms with E-state index in [0.717, 1.165) is 56.5 Å². The molecule has 2 aromatic carbocycles. The van der Waals surface area contributed by atoms with Crippen LogP contribution in [0, 0.1) is 6.92 Å². The first-order valence-corrected chi connectivity index (χ1v) is 11.3. The van der Waals surface area contributed by atoms with Crippen molar-refractivity contribution in [1.82, 2.24) is 4.90 Å². The van der Waals surface area contributed by atoms with Gasteiger partial charge in [-0.3, -0.25) is 9.69 Å². The van der Waals surface area contributed by atoms with Gasteiger partial charge in [0.25, 0.3) is 0 Å². The molecule has 6 nitrogen and oxygen atoms in total. The first-order valence-electron chi connectivity index (χ1n) is 10.5. The molecule has 2 heterocycles. The van der Waals surface area contributed by atoms with Crippen LogP contribution in [0.5, 0.6) is 0 Å². The highest BCUT2D eigenvalue weighted by atomic mass is 32.2. The Bertz CT molecular complexity index is 883. The number of aryl methyl sites for hydroxylation is 1. The summed E-state index contributed by atoms with van der Waals surface area (Å²) in [5.41, 5.74) is 4.36. The molecule has 2 aromatic rings. The van der Waals surface area contributed by atoms with E-state index in [4.69, 9.17) is 4.74 Å². The van der Waals surface area contributed by atoms with Gasteiger partial charge in [-0.2, -0.15) is 0 Å². The lowest BCUT2D eigenvalue weighted by atomic mass is 10.1. The number of rotatable bonds is 6. The lowest BCUT2D eigenvalue weighted by Crippen LogP contribution is -2.53. The highest BCUT2D eigenvalue weighted by Gasteiger charge is 2.33. The number of nitrogens with one attached hydrogen (secondary N) is 1. The van der Waals surface area contributed by atoms with E-state index in [-0.39, 0.29) is 11.9 Å². The van der Waals surface area contributed by atoms with Crippen LogP contribution in [-0.4, -0.2) is 63.3 Å². The number of hydrogen-bond donors (Lipinski definition) is 1. The molecule has 0 aromatic heterocycles. The number of benzene rings is 2. The largest absolute Gasteiger partial charge is 0.379 e. The van der Waals surface area contributed by atoms with Crippen LogP contribution in [0.4, 0.5) is 17.1 Å². The molecule has 0 saturated carbocycles. The van der Waals surface area contributed by atoms with Gasteiger partial charge in [0.2, 0.25) is 5.91 Å². The molecule has 2 aliphatic rings. The fraction of sp³-hybridized carbons (Fsp3) is 0.435. The van der Waals surface area contributed by atoms with Gasteiger partial charge in [0.1, 0.15) is 6.04 Å². The van der Waals surface area contributed by atoms with Gasteiger partial charge < -0.3 is 19.3 Å². The van der Waals surface area contributed by atoms with Crippen molar-refractivity contribution in [2.45, 2.75) is 24.8 Å². The van der Waals surface area contributed by atoms with Crippen molar-refractivity contribution in [2.75, 3.05) is 61.0 Å². The molecule has 0 bridgehead atoms. The van der Waals surface area contributed by atoms with E-state index in [0.29, 0.717) is 0 Å². The van der Waals surface area contributed by atoms with E-state index >= 15 is 0 Å². The third-order valence-electron chi connectivity index (χ3n) is 5.87. The molecule has 1 N–H and O–H groups in total. The standard InChI is InChI=1S/C23H30N4O2S/c1-17-4-7-20(8-5-17)30-24-19-6-9-21-22(16-19)27(18(2)23(28)25(21)3)11-10-26-12-14-29-15-13-26/h4-9,16,18,24H,10-15H2,1-3H3. The monoisotopic (exact) mass is 426 g/mol. The van der Waals surface area contributed by atoms with E-state index in [1.807, 2.05) is 26.1 Å². The number of fused-ring (bicyclic) bond motifs is 1. The molecule has 2 aliphatic heterocycles. The molecule has 4 rings (SSSR count). The Kier molecular flexibility index (Phi) is 6.51. The first-order chi connectivity index (χ1) is 14.5. The molecule has 1 saturated heterocycles. The van der Waals surface area contributed by atoms with Crippen LogP contribution < -0.4 is 14.5 Å². The van der Waals surface area contributed by atoms with Crippen molar-refractivity contribution in [3.8, 4) is 0 Å². The molecule has 1 amide bonds. The van der Waals surface area contributed by atoms with Crippen LogP contribution in [0.3, 0.4) is 0 Å². The molecule has 30 heavy (non-hydrogen) atoms. The molecule has 0 radical (unpaired) electrons. The Hall–Kier alpha value is -2.22. The van der Waals surface area contributed by atoms with E-state index < -0.39 is 0 Å². The Morgan fingerprint density at radius 2 is 1.80 bits per heavy atom. The Balaban J connectivity index is 1.51. The molecule has 0 aliphatic carbocycles. The van der Waals surface area contributed by atoms with Gasteiger partial charge in [-0.1, -0.05) is 17.7 Å². The number of anilines is 3. The molecule has 1 unspecified atom stereocenters. The van der Waals surface area contributed by atoms with Gasteiger partial charge in [-0.15, -0.1) is 0 Å². The minimum Gasteiger partial charge on any atom is -0.379 e. The quantitative estimate of drug-likeness (QED) is 0.712. The highest BCUT2D eigenvalue weighted by Crippen LogP contribution is 2.38. The number of carbonyl (C=O) groups excluding carboxylic acids is 1. The van der Waals surface area contributed by atoms with Crippen LogP contribution in [0.25, 0.3) is 0 Å². The average molecular weight is 427 g/mol. The second-order valence-electron chi connectivity index (χ2n) is 7.94. The van der Waals surface area contributed by atoms with Gasteiger partial charge in [-0.05, 0) is 56.1 Å². The lowest BCUT2D eigenvalue weighted by Gasteiger charge is -2.41. The highest BCUT2D eigenvalue weighted by molar-refractivity contribution is 8.00. The number of ether oxygens (including phenoxy) is 1. The molecule has 7 heteroatoms. The average Bonchev–Trinajstić information content (AvgIpc) is 2.78. The number of nitrogens with zero attached hydrogens (tertiary/aromatic N) is 3. The Morgan fingerprint density at radius 1 is 1.07 bits per heavy atom. The van der Waals surface area contributed by atoms with Gasteiger partial charge in [-0.25, -0.2) is 0 Å². The number of amides is 1. The zero-order chi connectivity index (χ0) is 21.1. The summed E-state index contributed by atoms with van der Waals surface area (Å²) in [6.45, 7) is 9.34. The summed E-state index contributed by atoms with van der Waals surface area (Å²) < 4.78 is 8.92. The maximum absolute atomic E-state index is 12.8. The van der Waals surface area contributed by atoms with Crippen molar-refractivity contribution >= 4 is 34.9 Å². The van der Waals surface area contributed by atoms with Crippen LogP contribution in [0.2, 0.25) is 0 Å². The summed E-state index contributed by atoms with van der Waals surface area (Å²) in [7, 11) is 1.87. The fourth-order valence-electron chi connectivity index (χ4n) is 3.95. The minimum atomic E-state index is -0.177. The number of likely N-dealkylation sites (N-methyl/N-ethyl adjacent to an activating group) is 1. The van der Waals surface area contributed by atoms with E-state index in [1.54, 1.807) is 16.8 Å². The van der Waals surface area contributed by atoms with Crippen molar-refractivity contribution < 1.29 is 9.53 Å². The summed E-state index contributed by atoms with van der Waals surface area (Å²) in [4.78, 5) is 20.4. The summed E-state index contributed by atoms with van der Waals surface area (Å²) >= 11 is 1.60. The summed E-state index contributed by atoms with van der Waals surface area (Å²) in [5.74, 6) is 0.138. The lowest BCUT2D eigenvalue weighted by molar-refractivity contribution is -0.119. The van der Waals surface area contributed by atoms with Crippen LogP contribution in [-0.2, 0) is 9.53 Å². The topological polar surface area (TPSA) is 48.1 Å². The maximum Gasteiger partial charge on any atom is 0.249 e. The SMILES string of the molecule is Cc1ccc(SNc2ccc3c(c2)N(CCN2CCOCC2)C(C)C(=O)N3C)cc1. The third-order valence-corrected chi connectivity index (χ3v) is 6.72. The van der Waals surface area contributed by atoms with E-state index in [9.17, 15) is 4.79 Å². The summed E-state index contributed by atoms with van der Waals surface area (Å²) in [6, 6.07) is 14.5. The van der Waals surface area contributed by atoms with Crippen molar-refractivity contribution in [3.05, 3.63) is 48.0 Å². The zero-order valence-corrected chi connectivity index (χ0v) is 18.7. The van der Waals surface area contributed by atoms with E-state index in [1.165, 1.54) is 10.5 Å². The molecule has 1 atom stereocenters. The minimum absolute atomic E-state index is 0.138. The van der Waals surface area contributed by atoms with Gasteiger partial charge in [0, 0.05) is 43.8 Å². The van der Waals surface area contributed by atoms with Crippen molar-refractivity contribution in [2.24, 2.45) is 0 Å². The van der Waals surface area contributed by atoms with Gasteiger partial charge >= 0.3 is 0 Å². The van der Waals surface area contributed by atoms with Gasteiger partial charge in [0.15, 0.2) is 0 Å². The normalized spacial score (nSPS) is 19.7. The van der Waals surface area contributed by atoms with Crippen LogP contribution in [0.15, 0.2) is 47.4 Å². The molecular weight excluding hydrogens is 396 g/mol. The van der Waals surface area contributed by atoms with Gasteiger partial charge in [0.05, 0.1) is 24.6 Å². The van der Waals surface area contributed by atoms with Crippen LogP contribution >= 0.6 is 11.9 Å². The maximum atomic E-state index is 12.8. The molecule has 160 valence electrons.